The second kappa shape index (κ2) is 5.97. The van der Waals surface area contributed by atoms with Gasteiger partial charge >= 0.3 is 0 Å². The van der Waals surface area contributed by atoms with Crippen LogP contribution in [-0.2, 0) is 19.5 Å². The van der Waals surface area contributed by atoms with E-state index < -0.39 is 5.91 Å². The lowest BCUT2D eigenvalue weighted by Gasteiger charge is -2.07. The molecule has 4 heteroatoms. The number of fused-ring (bicyclic) bond motifs is 1. The number of hydrogen-bond acceptors (Lipinski definition) is 3. The maximum atomic E-state index is 11.1. The van der Waals surface area contributed by atoms with Gasteiger partial charge in [0.05, 0.1) is 6.61 Å². The molecule has 1 amide bonds. The molecule has 21 heavy (non-hydrogen) atoms. The Balaban J connectivity index is 1.59. The highest BCUT2D eigenvalue weighted by atomic mass is 16.5. The van der Waals surface area contributed by atoms with Crippen molar-refractivity contribution in [3.8, 4) is 5.75 Å². The van der Waals surface area contributed by atoms with Crippen LogP contribution in [0.3, 0.4) is 0 Å². The Morgan fingerprint density at radius 3 is 2.76 bits per heavy atom. The van der Waals surface area contributed by atoms with Crippen LogP contribution in [0.2, 0.25) is 0 Å². The minimum absolute atomic E-state index is 0.393. The number of amides is 1. The number of nitrogens with two attached hydrogens (primary N) is 1. The first-order chi connectivity index (χ1) is 10.2. The van der Waals surface area contributed by atoms with Crippen molar-refractivity contribution in [2.75, 3.05) is 6.61 Å². The van der Waals surface area contributed by atoms with Crippen LogP contribution < -0.4 is 15.8 Å². The third-order valence-electron chi connectivity index (χ3n) is 3.62. The maximum absolute atomic E-state index is 11.1. The summed E-state index contributed by atoms with van der Waals surface area (Å²) in [5.41, 5.74) is 9.40. The van der Waals surface area contributed by atoms with Crippen molar-refractivity contribution in [3.05, 3.63) is 64.7 Å². The fraction of sp³-hybridized carbons (Fsp3) is 0.235. The topological polar surface area (TPSA) is 64.4 Å². The Morgan fingerprint density at radius 1 is 1.14 bits per heavy atom. The van der Waals surface area contributed by atoms with Gasteiger partial charge in [-0.15, -0.1) is 0 Å². The normalized spacial score (nSPS) is 12.8. The largest absolute Gasteiger partial charge is 0.493 e. The van der Waals surface area contributed by atoms with Gasteiger partial charge in [0.1, 0.15) is 5.75 Å². The van der Waals surface area contributed by atoms with Gasteiger partial charge in [0.15, 0.2) is 0 Å². The number of primary amides is 1. The molecule has 1 aliphatic heterocycles. The van der Waals surface area contributed by atoms with Crippen LogP contribution in [0.15, 0.2) is 42.5 Å². The zero-order valence-electron chi connectivity index (χ0n) is 11.8. The lowest BCUT2D eigenvalue weighted by Crippen LogP contribution is -2.15. The number of nitrogens with one attached hydrogen (secondary N) is 1. The van der Waals surface area contributed by atoms with Crippen LogP contribution in [0.5, 0.6) is 5.75 Å². The van der Waals surface area contributed by atoms with E-state index in [-0.39, 0.29) is 0 Å². The number of carbonyl (C=O) groups is 1. The monoisotopic (exact) mass is 282 g/mol. The van der Waals surface area contributed by atoms with E-state index in [0.29, 0.717) is 12.1 Å². The van der Waals surface area contributed by atoms with Crippen molar-refractivity contribution >= 4 is 5.91 Å². The lowest BCUT2D eigenvalue weighted by molar-refractivity contribution is 0.1000. The van der Waals surface area contributed by atoms with Crippen molar-refractivity contribution in [3.63, 3.8) is 0 Å². The molecule has 0 radical (unpaired) electrons. The molecule has 0 saturated carbocycles. The Morgan fingerprint density at radius 2 is 1.95 bits per heavy atom. The molecule has 2 aromatic carbocycles. The van der Waals surface area contributed by atoms with E-state index >= 15 is 0 Å². The molecule has 0 spiro atoms. The summed E-state index contributed by atoms with van der Waals surface area (Å²) in [6.45, 7) is 2.27. The van der Waals surface area contributed by atoms with Gasteiger partial charge < -0.3 is 15.8 Å². The van der Waals surface area contributed by atoms with Crippen LogP contribution in [0, 0.1) is 0 Å². The third-order valence-corrected chi connectivity index (χ3v) is 3.62. The molecular formula is C17H18N2O2. The van der Waals surface area contributed by atoms with E-state index in [0.717, 1.165) is 30.9 Å². The van der Waals surface area contributed by atoms with E-state index in [4.69, 9.17) is 10.5 Å². The van der Waals surface area contributed by atoms with E-state index in [2.05, 4.69) is 17.4 Å². The minimum atomic E-state index is -0.393. The first-order valence-corrected chi connectivity index (χ1v) is 7.06. The highest BCUT2D eigenvalue weighted by Gasteiger charge is 2.11. The molecule has 0 unspecified atom stereocenters. The van der Waals surface area contributed by atoms with Crippen molar-refractivity contribution < 1.29 is 9.53 Å². The molecule has 2 aromatic rings. The molecule has 0 aliphatic carbocycles. The van der Waals surface area contributed by atoms with Crippen molar-refractivity contribution in [2.24, 2.45) is 5.73 Å². The predicted octanol–water partition coefficient (Wildman–Crippen LogP) is 2.01. The molecule has 0 fully saturated rings. The Bertz CT molecular complexity index is 668. The summed E-state index contributed by atoms with van der Waals surface area (Å²) in [6.07, 6.45) is 0.990. The van der Waals surface area contributed by atoms with E-state index in [1.54, 1.807) is 6.07 Å². The molecule has 0 bridgehead atoms. The van der Waals surface area contributed by atoms with Gasteiger partial charge in [-0.25, -0.2) is 0 Å². The highest BCUT2D eigenvalue weighted by molar-refractivity contribution is 5.92. The molecule has 3 N–H and O–H groups in total. The zero-order valence-corrected chi connectivity index (χ0v) is 11.8. The van der Waals surface area contributed by atoms with Gasteiger partial charge in [-0.3, -0.25) is 4.79 Å². The summed E-state index contributed by atoms with van der Waals surface area (Å²) in [5.74, 6) is 0.614. The molecule has 1 aliphatic rings. The van der Waals surface area contributed by atoms with Gasteiger partial charge in [0.25, 0.3) is 0 Å². The highest BCUT2D eigenvalue weighted by Crippen LogP contribution is 2.25. The molecule has 4 nitrogen and oxygen atoms in total. The third kappa shape index (κ3) is 3.23. The Labute approximate surface area is 123 Å². The fourth-order valence-electron chi connectivity index (χ4n) is 2.54. The second-order valence-electron chi connectivity index (χ2n) is 5.21. The summed E-state index contributed by atoms with van der Waals surface area (Å²) >= 11 is 0. The first-order valence-electron chi connectivity index (χ1n) is 7.06. The maximum Gasteiger partial charge on any atom is 0.248 e. The smallest absolute Gasteiger partial charge is 0.248 e. The average Bonchev–Trinajstić information content (AvgIpc) is 2.95. The molecule has 0 saturated heterocycles. The van der Waals surface area contributed by atoms with Gasteiger partial charge in [0, 0.05) is 25.1 Å². The quantitative estimate of drug-likeness (QED) is 0.881. The van der Waals surface area contributed by atoms with Crippen LogP contribution in [0.25, 0.3) is 0 Å². The standard InChI is InChI=1S/C17H18N2O2/c18-17(20)15-3-1-2-12(9-15)10-19-11-13-4-5-16-14(8-13)6-7-21-16/h1-5,8-9,19H,6-7,10-11H2,(H2,18,20). The van der Waals surface area contributed by atoms with Crippen molar-refractivity contribution in [1.82, 2.24) is 5.32 Å². The zero-order chi connectivity index (χ0) is 14.7. The molecule has 0 aromatic heterocycles. The lowest BCUT2D eigenvalue weighted by atomic mass is 10.1. The SMILES string of the molecule is NC(=O)c1cccc(CNCc2ccc3c(c2)CCO3)c1. The van der Waals surface area contributed by atoms with E-state index in [1.165, 1.54) is 11.1 Å². The summed E-state index contributed by atoms with van der Waals surface area (Å²) in [5, 5.41) is 3.38. The number of rotatable bonds is 5. The Hall–Kier alpha value is -2.33. The summed E-state index contributed by atoms with van der Waals surface area (Å²) in [7, 11) is 0. The summed E-state index contributed by atoms with van der Waals surface area (Å²) in [4.78, 5) is 11.1. The Kier molecular flexibility index (Phi) is 3.88. The average molecular weight is 282 g/mol. The molecule has 108 valence electrons. The number of carbonyl (C=O) groups excluding carboxylic acids is 1. The van der Waals surface area contributed by atoms with Crippen molar-refractivity contribution in [2.45, 2.75) is 19.5 Å². The summed E-state index contributed by atoms with van der Waals surface area (Å²) < 4.78 is 5.50. The number of ether oxygens (including phenoxy) is 1. The fourth-order valence-corrected chi connectivity index (χ4v) is 2.54. The van der Waals surface area contributed by atoms with Crippen LogP contribution >= 0.6 is 0 Å². The van der Waals surface area contributed by atoms with Gasteiger partial charge in [-0.2, -0.15) is 0 Å². The summed E-state index contributed by atoms with van der Waals surface area (Å²) in [6, 6.07) is 13.7. The number of benzene rings is 2. The molecule has 1 heterocycles. The first kappa shape index (κ1) is 13.6. The van der Waals surface area contributed by atoms with Gasteiger partial charge in [0.2, 0.25) is 5.91 Å². The van der Waals surface area contributed by atoms with E-state index in [1.807, 2.05) is 24.3 Å². The van der Waals surface area contributed by atoms with Crippen LogP contribution in [0.4, 0.5) is 0 Å². The minimum Gasteiger partial charge on any atom is -0.493 e. The van der Waals surface area contributed by atoms with Gasteiger partial charge in [-0.1, -0.05) is 24.3 Å². The number of hydrogen-bond donors (Lipinski definition) is 2. The second-order valence-corrected chi connectivity index (χ2v) is 5.21. The van der Waals surface area contributed by atoms with Crippen LogP contribution in [-0.4, -0.2) is 12.5 Å². The predicted molar refractivity (Wildman–Crippen MR) is 81.1 cm³/mol. The van der Waals surface area contributed by atoms with Crippen molar-refractivity contribution in [1.29, 1.82) is 0 Å². The van der Waals surface area contributed by atoms with E-state index in [9.17, 15) is 4.79 Å². The van der Waals surface area contributed by atoms with Crippen LogP contribution in [0.1, 0.15) is 27.0 Å². The molecule has 0 atom stereocenters. The molecular weight excluding hydrogens is 264 g/mol. The molecule has 3 rings (SSSR count). The van der Waals surface area contributed by atoms with Gasteiger partial charge in [-0.05, 0) is 34.9 Å².